The van der Waals surface area contributed by atoms with Gasteiger partial charge in [-0.25, -0.2) is 4.98 Å². The Morgan fingerprint density at radius 3 is 2.68 bits per heavy atom. The van der Waals surface area contributed by atoms with Crippen LogP contribution in [0.25, 0.3) is 0 Å². The summed E-state index contributed by atoms with van der Waals surface area (Å²) in [6.45, 7) is 2.81. The van der Waals surface area contributed by atoms with E-state index in [1.54, 1.807) is 5.38 Å². The number of carbonyl (C=O) groups excluding carboxylic acids is 1. The Hall–Kier alpha value is -2.32. The molecule has 0 saturated carbocycles. The highest BCUT2D eigenvalue weighted by atomic mass is 35.5. The molecule has 0 bridgehead atoms. The third-order valence-corrected chi connectivity index (χ3v) is 3.79. The molecule has 1 amide bonds. The number of guanidine groups is 1. The molecular weight excluding hydrogens is 362 g/mol. The minimum atomic E-state index is -0.156. The molecule has 1 aromatic carbocycles. The number of nitrogens with zero attached hydrogens (tertiary/aromatic N) is 2. The fourth-order valence-corrected chi connectivity index (χ4v) is 2.58. The number of nitrogens with one attached hydrogen (secondary N) is 1. The number of hydrogen-bond donors (Lipinski definition) is 3. The molecule has 0 spiro atoms. The van der Waals surface area contributed by atoms with E-state index in [9.17, 15) is 4.79 Å². The molecule has 2 aromatic rings. The number of aliphatic imine (C=N–C) groups is 1. The number of rotatable bonds is 8. The normalized spacial score (nSPS) is 9.80. The van der Waals surface area contributed by atoms with Crippen LogP contribution in [0.2, 0.25) is 0 Å². The van der Waals surface area contributed by atoms with Gasteiger partial charge in [-0.2, -0.15) is 4.99 Å². The third-order valence-electron chi connectivity index (χ3n) is 3.01. The molecule has 9 heteroatoms. The highest BCUT2D eigenvalue weighted by Crippen LogP contribution is 2.20. The van der Waals surface area contributed by atoms with E-state index < -0.39 is 0 Å². The van der Waals surface area contributed by atoms with E-state index in [0.29, 0.717) is 23.1 Å². The summed E-state index contributed by atoms with van der Waals surface area (Å²) >= 11 is 1.28. The molecule has 0 atom stereocenters. The van der Waals surface area contributed by atoms with E-state index in [2.05, 4.69) is 22.2 Å². The van der Waals surface area contributed by atoms with Crippen molar-refractivity contribution in [3.05, 3.63) is 35.3 Å². The monoisotopic (exact) mass is 383 g/mol. The summed E-state index contributed by atoms with van der Waals surface area (Å²) in [5, 5.41) is 5.01. The molecule has 0 radical (unpaired) electrons. The van der Waals surface area contributed by atoms with Gasteiger partial charge >= 0.3 is 0 Å². The first-order valence-corrected chi connectivity index (χ1v) is 8.51. The van der Waals surface area contributed by atoms with Crippen molar-refractivity contribution >= 4 is 46.4 Å². The van der Waals surface area contributed by atoms with Gasteiger partial charge in [-0.3, -0.25) is 4.79 Å². The molecule has 0 saturated heterocycles. The molecule has 7 nitrogen and oxygen atoms in total. The first-order valence-electron chi connectivity index (χ1n) is 7.63. The number of carbonyl (C=O) groups is 1. The topological polar surface area (TPSA) is 116 Å². The standard InChI is InChI=1S/C16H21N5O2S.ClH/c1-2-3-8-23-13-6-4-11(5-7-13)19-14(22)9-12-10-24-16(20-12)21-15(17)18;/h4-7,10H,2-3,8-9H2,1H3,(H,19,22)(H4,17,18,20,21);1H. The SMILES string of the molecule is CCCCOc1ccc(NC(=O)Cc2csc(N=C(N)N)n2)cc1.Cl. The third kappa shape index (κ3) is 7.40. The Balaban J connectivity index is 0.00000312. The summed E-state index contributed by atoms with van der Waals surface area (Å²) in [6.07, 6.45) is 2.27. The van der Waals surface area contributed by atoms with Crippen LogP contribution in [0, 0.1) is 0 Å². The van der Waals surface area contributed by atoms with Crippen LogP contribution in [-0.2, 0) is 11.2 Å². The fraction of sp³-hybridized carbons (Fsp3) is 0.312. The summed E-state index contributed by atoms with van der Waals surface area (Å²) in [4.78, 5) is 20.1. The second kappa shape index (κ2) is 10.5. The van der Waals surface area contributed by atoms with Crippen molar-refractivity contribution in [1.82, 2.24) is 4.98 Å². The predicted octanol–water partition coefficient (Wildman–Crippen LogP) is 2.83. The molecule has 0 unspecified atom stereocenters. The van der Waals surface area contributed by atoms with Crippen LogP contribution in [0.5, 0.6) is 5.75 Å². The number of benzene rings is 1. The predicted molar refractivity (Wildman–Crippen MR) is 104 cm³/mol. The lowest BCUT2D eigenvalue weighted by Gasteiger charge is -2.07. The van der Waals surface area contributed by atoms with Crippen LogP contribution >= 0.6 is 23.7 Å². The van der Waals surface area contributed by atoms with Crippen LogP contribution < -0.4 is 21.5 Å². The Morgan fingerprint density at radius 1 is 1.32 bits per heavy atom. The van der Waals surface area contributed by atoms with Gasteiger partial charge < -0.3 is 21.5 Å². The number of amides is 1. The van der Waals surface area contributed by atoms with Crippen LogP contribution in [0.15, 0.2) is 34.6 Å². The van der Waals surface area contributed by atoms with Crippen LogP contribution in [0.3, 0.4) is 0 Å². The fourth-order valence-electron chi connectivity index (χ4n) is 1.88. The van der Waals surface area contributed by atoms with E-state index in [0.717, 1.165) is 18.6 Å². The van der Waals surface area contributed by atoms with Crippen molar-refractivity contribution in [3.8, 4) is 5.75 Å². The zero-order valence-electron chi connectivity index (χ0n) is 13.9. The average molecular weight is 384 g/mol. The van der Waals surface area contributed by atoms with Gasteiger partial charge in [0.25, 0.3) is 0 Å². The number of ether oxygens (including phenoxy) is 1. The molecule has 0 aliphatic rings. The summed E-state index contributed by atoms with van der Waals surface area (Å²) in [6, 6.07) is 7.30. The van der Waals surface area contributed by atoms with Crippen LogP contribution in [0.1, 0.15) is 25.5 Å². The van der Waals surface area contributed by atoms with Gasteiger partial charge in [0.15, 0.2) is 5.96 Å². The highest BCUT2D eigenvalue weighted by Gasteiger charge is 2.08. The Labute approximate surface area is 156 Å². The van der Waals surface area contributed by atoms with Gasteiger partial charge in [0.05, 0.1) is 18.7 Å². The maximum absolute atomic E-state index is 12.0. The van der Waals surface area contributed by atoms with Crippen molar-refractivity contribution in [1.29, 1.82) is 0 Å². The molecule has 0 aliphatic carbocycles. The molecule has 1 heterocycles. The van der Waals surface area contributed by atoms with Gasteiger partial charge in [0.1, 0.15) is 5.75 Å². The minimum Gasteiger partial charge on any atom is -0.494 e. The summed E-state index contributed by atoms with van der Waals surface area (Å²) in [7, 11) is 0. The Kier molecular flexibility index (Phi) is 8.73. The molecule has 5 N–H and O–H groups in total. The van der Waals surface area contributed by atoms with Gasteiger partial charge in [0.2, 0.25) is 11.0 Å². The highest BCUT2D eigenvalue weighted by molar-refractivity contribution is 7.13. The first kappa shape index (κ1) is 20.7. The van der Waals surface area contributed by atoms with E-state index in [1.807, 2.05) is 24.3 Å². The number of anilines is 1. The quantitative estimate of drug-likeness (QED) is 0.368. The Bertz CT molecular complexity index is 699. The van der Waals surface area contributed by atoms with Crippen molar-refractivity contribution in [2.24, 2.45) is 16.5 Å². The van der Waals surface area contributed by atoms with Gasteiger partial charge in [0, 0.05) is 11.1 Å². The van der Waals surface area contributed by atoms with Crippen LogP contribution in [-0.4, -0.2) is 23.5 Å². The maximum atomic E-state index is 12.0. The largest absolute Gasteiger partial charge is 0.494 e. The zero-order chi connectivity index (χ0) is 17.4. The van der Waals surface area contributed by atoms with Gasteiger partial charge in [-0.15, -0.1) is 23.7 Å². The number of aromatic nitrogens is 1. The lowest BCUT2D eigenvalue weighted by atomic mass is 10.2. The summed E-state index contributed by atoms with van der Waals surface area (Å²) < 4.78 is 5.58. The molecule has 0 fully saturated rings. The number of halogens is 1. The number of unbranched alkanes of at least 4 members (excludes halogenated alkanes) is 1. The lowest BCUT2D eigenvalue weighted by molar-refractivity contribution is -0.115. The second-order valence-corrected chi connectivity index (χ2v) is 5.95. The van der Waals surface area contributed by atoms with Crippen molar-refractivity contribution in [2.75, 3.05) is 11.9 Å². The first-order chi connectivity index (χ1) is 11.6. The minimum absolute atomic E-state index is 0. The molecule has 25 heavy (non-hydrogen) atoms. The molecule has 136 valence electrons. The smallest absolute Gasteiger partial charge is 0.230 e. The van der Waals surface area contributed by atoms with Gasteiger partial charge in [-0.05, 0) is 30.7 Å². The van der Waals surface area contributed by atoms with Crippen molar-refractivity contribution < 1.29 is 9.53 Å². The number of hydrogen-bond acceptors (Lipinski definition) is 5. The van der Waals surface area contributed by atoms with E-state index in [-0.39, 0.29) is 30.7 Å². The number of thiazole rings is 1. The average Bonchev–Trinajstić information content (AvgIpc) is 2.95. The number of nitrogens with two attached hydrogens (primary N) is 2. The van der Waals surface area contributed by atoms with Crippen molar-refractivity contribution in [3.63, 3.8) is 0 Å². The molecule has 0 aliphatic heterocycles. The summed E-state index contributed by atoms with van der Waals surface area (Å²) in [5.41, 5.74) is 11.9. The van der Waals surface area contributed by atoms with E-state index in [4.69, 9.17) is 16.2 Å². The van der Waals surface area contributed by atoms with Gasteiger partial charge in [-0.1, -0.05) is 13.3 Å². The molecule has 2 rings (SSSR count). The Morgan fingerprint density at radius 2 is 2.04 bits per heavy atom. The van der Waals surface area contributed by atoms with E-state index in [1.165, 1.54) is 11.3 Å². The molecular formula is C16H22ClN5O2S. The van der Waals surface area contributed by atoms with Crippen molar-refractivity contribution in [2.45, 2.75) is 26.2 Å². The second-order valence-electron chi connectivity index (χ2n) is 5.11. The maximum Gasteiger partial charge on any atom is 0.230 e. The lowest BCUT2D eigenvalue weighted by Crippen LogP contribution is -2.21. The summed E-state index contributed by atoms with van der Waals surface area (Å²) in [5.74, 6) is 0.584. The van der Waals surface area contributed by atoms with Crippen LogP contribution in [0.4, 0.5) is 10.8 Å². The molecule has 1 aromatic heterocycles. The zero-order valence-corrected chi connectivity index (χ0v) is 15.5. The van der Waals surface area contributed by atoms with E-state index >= 15 is 0 Å².